The van der Waals surface area contributed by atoms with Gasteiger partial charge in [-0.15, -0.1) is 0 Å². The van der Waals surface area contributed by atoms with Gasteiger partial charge < -0.3 is 10.5 Å². The fourth-order valence-corrected chi connectivity index (χ4v) is 2.17. The zero-order valence-corrected chi connectivity index (χ0v) is 11.0. The van der Waals surface area contributed by atoms with E-state index in [4.69, 9.17) is 10.5 Å². The normalized spacial score (nSPS) is 23.2. The number of hydrogen-bond donors (Lipinski definition) is 1. The second-order valence-electron chi connectivity index (χ2n) is 4.76. The quantitative estimate of drug-likeness (QED) is 0.715. The number of nitrogens with zero attached hydrogens (tertiary/aromatic N) is 2. The molecule has 4 heteroatoms. The number of ether oxygens (including phenoxy) is 1. The summed E-state index contributed by atoms with van der Waals surface area (Å²) in [5.41, 5.74) is 5.59. The van der Waals surface area contributed by atoms with Gasteiger partial charge in [0.15, 0.2) is 0 Å². The summed E-state index contributed by atoms with van der Waals surface area (Å²) >= 11 is 0. The van der Waals surface area contributed by atoms with Gasteiger partial charge in [0, 0.05) is 38.8 Å². The number of likely N-dealkylation sites (N-methyl/N-ethyl adjacent to an activating group) is 1. The Hall–Kier alpha value is -0.160. The highest BCUT2D eigenvalue weighted by atomic mass is 16.5. The number of nitrogens with two attached hydrogens (primary N) is 1. The average molecular weight is 229 g/mol. The van der Waals surface area contributed by atoms with E-state index < -0.39 is 0 Å². The minimum atomic E-state index is 0.350. The first-order valence-electron chi connectivity index (χ1n) is 6.45. The highest BCUT2D eigenvalue weighted by molar-refractivity contribution is 4.76. The van der Waals surface area contributed by atoms with Gasteiger partial charge in [0.05, 0.1) is 12.7 Å². The Kier molecular flexibility index (Phi) is 6.28. The van der Waals surface area contributed by atoms with Gasteiger partial charge in [0.1, 0.15) is 0 Å². The van der Waals surface area contributed by atoms with E-state index in [1.165, 1.54) is 0 Å². The second-order valence-corrected chi connectivity index (χ2v) is 4.76. The van der Waals surface area contributed by atoms with Gasteiger partial charge in [-0.2, -0.15) is 0 Å². The van der Waals surface area contributed by atoms with Crippen molar-refractivity contribution in [3.63, 3.8) is 0 Å². The average Bonchev–Trinajstić information content (AvgIpc) is 2.29. The van der Waals surface area contributed by atoms with Crippen LogP contribution in [0, 0.1) is 0 Å². The summed E-state index contributed by atoms with van der Waals surface area (Å²) in [5.74, 6) is 0. The molecule has 1 unspecified atom stereocenters. The lowest BCUT2D eigenvalue weighted by Crippen LogP contribution is -2.50. The second kappa shape index (κ2) is 7.22. The summed E-state index contributed by atoms with van der Waals surface area (Å²) in [6.45, 7) is 13.4. The van der Waals surface area contributed by atoms with Gasteiger partial charge >= 0.3 is 0 Å². The van der Waals surface area contributed by atoms with E-state index in [0.717, 1.165) is 45.9 Å². The zero-order valence-electron chi connectivity index (χ0n) is 11.0. The molecule has 0 aromatic rings. The minimum absolute atomic E-state index is 0.350. The Labute approximate surface area is 99.7 Å². The standard InChI is InChI=1S/C12H27N3O/c1-4-14(6-5-13)9-12-10-15(11(2)3)7-8-16-12/h11-12H,4-10,13H2,1-3H3. The first-order chi connectivity index (χ1) is 7.67. The van der Waals surface area contributed by atoms with E-state index in [1.54, 1.807) is 0 Å². The Morgan fingerprint density at radius 1 is 1.50 bits per heavy atom. The van der Waals surface area contributed by atoms with Crippen LogP contribution in [0.3, 0.4) is 0 Å². The summed E-state index contributed by atoms with van der Waals surface area (Å²) in [4.78, 5) is 4.86. The highest BCUT2D eigenvalue weighted by Crippen LogP contribution is 2.09. The largest absolute Gasteiger partial charge is 0.374 e. The van der Waals surface area contributed by atoms with Crippen molar-refractivity contribution in [1.29, 1.82) is 0 Å². The molecular formula is C12H27N3O. The summed E-state index contributed by atoms with van der Waals surface area (Å²) in [7, 11) is 0. The van der Waals surface area contributed by atoms with Crippen LogP contribution in [0.5, 0.6) is 0 Å². The van der Waals surface area contributed by atoms with Crippen molar-refractivity contribution in [1.82, 2.24) is 9.80 Å². The fourth-order valence-electron chi connectivity index (χ4n) is 2.17. The molecule has 1 aliphatic rings. The van der Waals surface area contributed by atoms with E-state index >= 15 is 0 Å². The molecule has 1 saturated heterocycles. The SMILES string of the molecule is CCN(CCN)CC1CN(C(C)C)CCO1. The van der Waals surface area contributed by atoms with Crippen LogP contribution in [0.1, 0.15) is 20.8 Å². The summed E-state index contributed by atoms with van der Waals surface area (Å²) in [6, 6.07) is 0.621. The molecule has 96 valence electrons. The van der Waals surface area contributed by atoms with Gasteiger partial charge in [0.2, 0.25) is 0 Å². The van der Waals surface area contributed by atoms with Crippen LogP contribution in [0.2, 0.25) is 0 Å². The third-order valence-corrected chi connectivity index (χ3v) is 3.25. The van der Waals surface area contributed by atoms with E-state index in [2.05, 4.69) is 30.6 Å². The van der Waals surface area contributed by atoms with Crippen LogP contribution >= 0.6 is 0 Å². The molecule has 0 bridgehead atoms. The predicted molar refractivity (Wildman–Crippen MR) is 67.6 cm³/mol. The van der Waals surface area contributed by atoms with Crippen molar-refractivity contribution < 1.29 is 4.74 Å². The molecule has 1 aliphatic heterocycles. The lowest BCUT2D eigenvalue weighted by Gasteiger charge is -2.37. The smallest absolute Gasteiger partial charge is 0.0829 e. The first-order valence-corrected chi connectivity index (χ1v) is 6.45. The first kappa shape index (κ1) is 13.9. The number of rotatable bonds is 6. The van der Waals surface area contributed by atoms with Crippen molar-refractivity contribution in [3.8, 4) is 0 Å². The third-order valence-electron chi connectivity index (χ3n) is 3.25. The maximum absolute atomic E-state index is 5.81. The van der Waals surface area contributed by atoms with Gasteiger partial charge in [-0.3, -0.25) is 9.80 Å². The third kappa shape index (κ3) is 4.37. The Balaban J connectivity index is 2.35. The van der Waals surface area contributed by atoms with Crippen LogP contribution < -0.4 is 5.73 Å². The van der Waals surface area contributed by atoms with Crippen molar-refractivity contribution in [2.24, 2.45) is 5.73 Å². The molecule has 2 N–H and O–H groups in total. The van der Waals surface area contributed by atoms with E-state index in [9.17, 15) is 0 Å². The maximum atomic E-state index is 5.81. The van der Waals surface area contributed by atoms with Crippen LogP contribution in [-0.4, -0.2) is 67.8 Å². The highest BCUT2D eigenvalue weighted by Gasteiger charge is 2.23. The molecular weight excluding hydrogens is 202 g/mol. The van der Waals surface area contributed by atoms with Crippen molar-refractivity contribution >= 4 is 0 Å². The number of hydrogen-bond acceptors (Lipinski definition) is 4. The molecule has 0 amide bonds. The zero-order chi connectivity index (χ0) is 12.0. The van der Waals surface area contributed by atoms with Crippen molar-refractivity contribution in [3.05, 3.63) is 0 Å². The Morgan fingerprint density at radius 2 is 2.25 bits per heavy atom. The molecule has 4 nitrogen and oxygen atoms in total. The van der Waals surface area contributed by atoms with Crippen molar-refractivity contribution in [2.45, 2.75) is 32.9 Å². The molecule has 0 saturated carbocycles. The molecule has 16 heavy (non-hydrogen) atoms. The Morgan fingerprint density at radius 3 is 2.81 bits per heavy atom. The molecule has 0 aliphatic carbocycles. The van der Waals surface area contributed by atoms with E-state index in [1.807, 2.05) is 0 Å². The Bertz CT molecular complexity index is 187. The van der Waals surface area contributed by atoms with Gasteiger partial charge in [-0.25, -0.2) is 0 Å². The van der Waals surface area contributed by atoms with E-state index in [0.29, 0.717) is 12.1 Å². The van der Waals surface area contributed by atoms with Gasteiger partial charge in [-0.1, -0.05) is 6.92 Å². The van der Waals surface area contributed by atoms with Crippen molar-refractivity contribution in [2.75, 3.05) is 45.9 Å². The van der Waals surface area contributed by atoms with Crippen LogP contribution in [0.4, 0.5) is 0 Å². The number of morpholine rings is 1. The lowest BCUT2D eigenvalue weighted by molar-refractivity contribution is -0.0513. The minimum Gasteiger partial charge on any atom is -0.374 e. The van der Waals surface area contributed by atoms with Crippen LogP contribution in [0.15, 0.2) is 0 Å². The molecule has 0 aromatic heterocycles. The van der Waals surface area contributed by atoms with E-state index in [-0.39, 0.29) is 0 Å². The molecule has 0 spiro atoms. The molecule has 0 aromatic carbocycles. The van der Waals surface area contributed by atoms with Crippen LogP contribution in [0.25, 0.3) is 0 Å². The summed E-state index contributed by atoms with van der Waals surface area (Å²) in [5, 5.41) is 0. The van der Waals surface area contributed by atoms with Crippen LogP contribution in [-0.2, 0) is 4.74 Å². The molecule has 1 atom stereocenters. The fraction of sp³-hybridized carbons (Fsp3) is 1.00. The topological polar surface area (TPSA) is 41.7 Å². The molecule has 1 rings (SSSR count). The predicted octanol–water partition coefficient (Wildman–Crippen LogP) is 0.376. The van der Waals surface area contributed by atoms with Gasteiger partial charge in [0.25, 0.3) is 0 Å². The molecule has 1 fully saturated rings. The van der Waals surface area contributed by atoms with Gasteiger partial charge in [-0.05, 0) is 20.4 Å². The summed E-state index contributed by atoms with van der Waals surface area (Å²) < 4.78 is 5.81. The summed E-state index contributed by atoms with van der Waals surface area (Å²) in [6.07, 6.45) is 0.350. The molecule has 0 radical (unpaired) electrons. The lowest BCUT2D eigenvalue weighted by atomic mass is 10.2. The maximum Gasteiger partial charge on any atom is 0.0829 e. The molecule has 1 heterocycles. The monoisotopic (exact) mass is 229 g/mol.